The Bertz CT molecular complexity index is 1470. The number of carbonyl (C=O) groups excluding carboxylic acids is 3. The van der Waals surface area contributed by atoms with Crippen LogP contribution in [0, 0.1) is 11.2 Å². The molecule has 2 fully saturated rings. The van der Waals surface area contributed by atoms with E-state index in [1.54, 1.807) is 18.2 Å². The third-order valence-electron chi connectivity index (χ3n) is 6.85. The average Bonchev–Trinajstić information content (AvgIpc) is 3.85. The van der Waals surface area contributed by atoms with E-state index in [1.165, 1.54) is 25.4 Å². The van der Waals surface area contributed by atoms with Crippen LogP contribution in [0.25, 0.3) is 10.9 Å². The number of nitrogens with zero attached hydrogens (tertiary/aromatic N) is 1. The summed E-state index contributed by atoms with van der Waals surface area (Å²) in [6.45, 7) is -0.0762. The van der Waals surface area contributed by atoms with Gasteiger partial charge in [-0.25, -0.2) is 4.39 Å². The van der Waals surface area contributed by atoms with Gasteiger partial charge in [0.05, 0.1) is 19.2 Å². The van der Waals surface area contributed by atoms with E-state index in [0.29, 0.717) is 53.8 Å². The number of halogens is 1. The van der Waals surface area contributed by atoms with Crippen molar-refractivity contribution in [3.63, 3.8) is 0 Å². The highest BCUT2D eigenvalue weighted by Crippen LogP contribution is 2.46. The average molecular weight is 539 g/mol. The lowest BCUT2D eigenvalue weighted by molar-refractivity contribution is -0.151. The summed E-state index contributed by atoms with van der Waals surface area (Å²) in [6.07, 6.45) is 3.58. The lowest BCUT2D eigenvalue weighted by Gasteiger charge is -2.19. The van der Waals surface area contributed by atoms with Gasteiger partial charge >= 0.3 is 5.97 Å². The number of benzene rings is 2. The molecule has 0 unspecified atom stereocenters. The first-order valence-corrected chi connectivity index (χ1v) is 12.3. The number of nitrogens with two attached hydrogens (primary N) is 2. The zero-order valence-electron chi connectivity index (χ0n) is 21.1. The Balaban J connectivity index is 1.33. The number of nitrogens with one attached hydrogen (secondary N) is 1. The molecule has 2 amide bonds. The molecule has 2 saturated carbocycles. The molecule has 0 radical (unpaired) electrons. The Morgan fingerprint density at radius 1 is 1.03 bits per heavy atom. The summed E-state index contributed by atoms with van der Waals surface area (Å²) in [6, 6.07) is 8.83. The van der Waals surface area contributed by atoms with Crippen LogP contribution in [0.15, 0.2) is 42.6 Å². The monoisotopic (exact) mass is 538 g/mol. The van der Waals surface area contributed by atoms with Crippen LogP contribution >= 0.6 is 0 Å². The number of amides is 2. The van der Waals surface area contributed by atoms with Crippen molar-refractivity contribution in [2.45, 2.75) is 31.3 Å². The fourth-order valence-electron chi connectivity index (χ4n) is 4.14. The molecule has 5 rings (SSSR count). The number of esters is 1. The summed E-state index contributed by atoms with van der Waals surface area (Å²) < 4.78 is 37.6. The molecule has 0 spiro atoms. The smallest absolute Gasteiger partial charge is 0.320 e. The van der Waals surface area contributed by atoms with Crippen molar-refractivity contribution in [2.75, 3.05) is 25.6 Å². The van der Waals surface area contributed by atoms with Crippen molar-refractivity contribution < 1.29 is 37.7 Å². The number of methoxy groups -OCH3 is 1. The number of pyridine rings is 1. The summed E-state index contributed by atoms with van der Waals surface area (Å²) >= 11 is 0. The van der Waals surface area contributed by atoms with Crippen LogP contribution in [0.2, 0.25) is 0 Å². The van der Waals surface area contributed by atoms with Gasteiger partial charge in [0.25, 0.3) is 0 Å². The molecule has 2 aromatic carbocycles. The quantitative estimate of drug-likeness (QED) is 0.246. The van der Waals surface area contributed by atoms with Gasteiger partial charge in [-0.15, -0.1) is 0 Å². The Morgan fingerprint density at radius 2 is 1.79 bits per heavy atom. The molecule has 0 bridgehead atoms. The van der Waals surface area contributed by atoms with Crippen LogP contribution < -0.4 is 31.0 Å². The molecule has 0 aliphatic heterocycles. The highest BCUT2D eigenvalue weighted by atomic mass is 19.1. The number of fused-ring (bicyclic) bond motifs is 1. The molecule has 12 heteroatoms. The maximum Gasteiger partial charge on any atom is 0.320 e. The van der Waals surface area contributed by atoms with Gasteiger partial charge in [-0.3, -0.25) is 19.4 Å². The summed E-state index contributed by atoms with van der Waals surface area (Å²) in [5, 5.41) is 3.07. The van der Waals surface area contributed by atoms with Gasteiger partial charge in [0.1, 0.15) is 23.4 Å². The molecule has 2 aliphatic carbocycles. The van der Waals surface area contributed by atoms with Crippen LogP contribution in [0.4, 0.5) is 10.1 Å². The zero-order valence-corrected chi connectivity index (χ0v) is 21.1. The SMILES string of the molecule is COc1cc2c(Oc3ccc(NC(=O)C4(C(N)=O)CC4)cc3F)ccnc2cc1OCC1(OC(=O)CN)CC1. The number of carbonyl (C=O) groups is 3. The number of ether oxygens (including phenoxy) is 4. The minimum atomic E-state index is -1.22. The van der Waals surface area contributed by atoms with Gasteiger partial charge in [0.2, 0.25) is 11.8 Å². The van der Waals surface area contributed by atoms with E-state index in [2.05, 4.69) is 10.3 Å². The second-order valence-corrected chi connectivity index (χ2v) is 9.63. The van der Waals surface area contributed by atoms with Crippen molar-refractivity contribution in [1.29, 1.82) is 0 Å². The van der Waals surface area contributed by atoms with Gasteiger partial charge in [-0.05, 0) is 49.9 Å². The lowest BCUT2D eigenvalue weighted by atomic mass is 10.1. The normalized spacial score (nSPS) is 16.2. The molecular formula is C27H27FN4O7. The highest BCUT2D eigenvalue weighted by Gasteiger charge is 2.55. The van der Waals surface area contributed by atoms with Gasteiger partial charge in [-0.1, -0.05) is 0 Å². The summed E-state index contributed by atoms with van der Waals surface area (Å²) in [5.74, 6) is -1.49. The minimum Gasteiger partial charge on any atom is -0.493 e. The Labute approximate surface area is 222 Å². The molecule has 2 aliphatic rings. The number of aromatic nitrogens is 1. The number of hydrogen-bond donors (Lipinski definition) is 3. The maximum absolute atomic E-state index is 14.9. The number of rotatable bonds is 11. The van der Waals surface area contributed by atoms with Gasteiger partial charge < -0.3 is 35.7 Å². The summed E-state index contributed by atoms with van der Waals surface area (Å²) in [7, 11) is 1.48. The second kappa shape index (κ2) is 10.0. The zero-order chi connectivity index (χ0) is 27.8. The number of anilines is 1. The van der Waals surface area contributed by atoms with Crippen molar-refractivity contribution in [3.05, 3.63) is 48.4 Å². The molecule has 0 atom stereocenters. The first-order chi connectivity index (χ1) is 18.7. The van der Waals surface area contributed by atoms with E-state index in [1.807, 2.05) is 0 Å². The number of primary amides is 1. The number of hydrogen-bond acceptors (Lipinski definition) is 9. The Morgan fingerprint density at radius 3 is 2.41 bits per heavy atom. The predicted molar refractivity (Wildman–Crippen MR) is 137 cm³/mol. The predicted octanol–water partition coefficient (Wildman–Crippen LogP) is 2.79. The van der Waals surface area contributed by atoms with Crippen LogP contribution in [-0.2, 0) is 19.1 Å². The van der Waals surface area contributed by atoms with E-state index in [9.17, 15) is 18.8 Å². The molecule has 3 aromatic rings. The molecule has 204 valence electrons. The van der Waals surface area contributed by atoms with Gasteiger partial charge in [0, 0.05) is 29.4 Å². The van der Waals surface area contributed by atoms with Crippen LogP contribution in [0.1, 0.15) is 25.7 Å². The van der Waals surface area contributed by atoms with E-state index >= 15 is 0 Å². The van der Waals surface area contributed by atoms with E-state index in [4.69, 9.17) is 30.4 Å². The third-order valence-corrected chi connectivity index (χ3v) is 6.85. The first-order valence-electron chi connectivity index (χ1n) is 12.3. The fraction of sp³-hybridized carbons (Fsp3) is 0.333. The summed E-state index contributed by atoms with van der Waals surface area (Å²) in [4.78, 5) is 39.9. The molecule has 0 saturated heterocycles. The van der Waals surface area contributed by atoms with Crippen molar-refractivity contribution in [2.24, 2.45) is 16.9 Å². The van der Waals surface area contributed by atoms with Gasteiger partial charge in [0.15, 0.2) is 23.1 Å². The lowest BCUT2D eigenvalue weighted by Crippen LogP contribution is -2.36. The maximum atomic E-state index is 14.9. The molecular weight excluding hydrogens is 511 g/mol. The van der Waals surface area contributed by atoms with E-state index in [0.717, 1.165) is 6.07 Å². The second-order valence-electron chi connectivity index (χ2n) is 9.63. The molecule has 1 heterocycles. The Hall–Kier alpha value is -4.45. The molecule has 39 heavy (non-hydrogen) atoms. The highest BCUT2D eigenvalue weighted by molar-refractivity contribution is 6.12. The third kappa shape index (κ3) is 5.28. The molecule has 11 nitrogen and oxygen atoms in total. The van der Waals surface area contributed by atoms with Crippen molar-refractivity contribution >= 4 is 34.4 Å². The molecule has 1 aromatic heterocycles. The topological polar surface area (TPSA) is 165 Å². The fourth-order valence-corrected chi connectivity index (χ4v) is 4.14. The van der Waals surface area contributed by atoms with Crippen molar-refractivity contribution in [1.82, 2.24) is 4.98 Å². The molecule has 5 N–H and O–H groups in total. The first kappa shape index (κ1) is 26.2. The van der Waals surface area contributed by atoms with Crippen LogP contribution in [0.5, 0.6) is 23.0 Å². The standard InChI is InChI=1S/C27H27FN4O7/c1-36-21-11-16-18(12-22(21)37-14-26(5-6-26)39-23(33)13-29)31-9-4-19(16)38-20-3-2-15(10-17(20)28)32-25(35)27(7-8-27)24(30)34/h2-4,9-12H,5-8,13-14,29H2,1H3,(H2,30,34)(H,32,35). The summed E-state index contributed by atoms with van der Waals surface area (Å²) in [5.41, 5.74) is 9.42. The van der Waals surface area contributed by atoms with Crippen LogP contribution in [-0.4, -0.2) is 48.6 Å². The van der Waals surface area contributed by atoms with Gasteiger partial charge in [-0.2, -0.15) is 0 Å². The van der Waals surface area contributed by atoms with Crippen molar-refractivity contribution in [3.8, 4) is 23.0 Å². The van der Waals surface area contributed by atoms with Crippen LogP contribution in [0.3, 0.4) is 0 Å². The largest absolute Gasteiger partial charge is 0.493 e. The Kier molecular flexibility index (Phi) is 6.73. The van der Waals surface area contributed by atoms with E-state index < -0.39 is 34.6 Å². The van der Waals surface area contributed by atoms with E-state index in [-0.39, 0.29) is 24.6 Å². The minimum absolute atomic E-state index is 0.0896.